The number of aryl methyl sites for hydroxylation is 1. The van der Waals surface area contributed by atoms with Gasteiger partial charge < -0.3 is 9.47 Å². The summed E-state index contributed by atoms with van der Waals surface area (Å²) in [6.45, 7) is 3.03. The zero-order valence-corrected chi connectivity index (χ0v) is 14.1. The van der Waals surface area contributed by atoms with E-state index in [1.165, 1.54) is 45.6 Å². The van der Waals surface area contributed by atoms with Crippen molar-refractivity contribution >= 4 is 5.97 Å². The van der Waals surface area contributed by atoms with Crippen LogP contribution in [0.15, 0.2) is 24.3 Å². The van der Waals surface area contributed by atoms with Crippen LogP contribution < -0.4 is 4.74 Å². The summed E-state index contributed by atoms with van der Waals surface area (Å²) in [4.78, 5) is 11.1. The molecule has 0 saturated carbocycles. The second-order valence-corrected chi connectivity index (χ2v) is 5.69. The lowest BCUT2D eigenvalue weighted by atomic mass is 10.1. The van der Waals surface area contributed by atoms with Crippen molar-refractivity contribution in [3.8, 4) is 5.75 Å². The number of carbonyl (C=O) groups excluding carboxylic acids is 1. The van der Waals surface area contributed by atoms with Gasteiger partial charge in [0.15, 0.2) is 0 Å². The Morgan fingerprint density at radius 3 is 2.23 bits per heavy atom. The zero-order valence-electron chi connectivity index (χ0n) is 14.1. The SMILES string of the molecule is CCCCCCCCCOc1ccc(CCC(=O)OC)cc1. The van der Waals surface area contributed by atoms with Crippen LogP contribution in [-0.4, -0.2) is 19.7 Å². The van der Waals surface area contributed by atoms with Gasteiger partial charge in [-0.15, -0.1) is 0 Å². The minimum Gasteiger partial charge on any atom is -0.494 e. The predicted octanol–water partition coefficient (Wildman–Crippen LogP) is 4.92. The molecule has 0 aliphatic carbocycles. The fraction of sp³-hybridized carbons (Fsp3) is 0.632. The Kier molecular flexibility index (Phi) is 10.2. The summed E-state index contributed by atoms with van der Waals surface area (Å²) in [6.07, 6.45) is 10.2. The Morgan fingerprint density at radius 1 is 0.955 bits per heavy atom. The molecule has 3 heteroatoms. The first-order valence-corrected chi connectivity index (χ1v) is 8.54. The van der Waals surface area contributed by atoms with Crippen molar-refractivity contribution in [1.29, 1.82) is 0 Å². The molecule has 0 atom stereocenters. The first kappa shape index (κ1) is 18.5. The second-order valence-electron chi connectivity index (χ2n) is 5.69. The molecule has 22 heavy (non-hydrogen) atoms. The van der Waals surface area contributed by atoms with Gasteiger partial charge in [-0.1, -0.05) is 57.6 Å². The molecule has 0 spiro atoms. The van der Waals surface area contributed by atoms with Crippen molar-refractivity contribution in [3.05, 3.63) is 29.8 Å². The van der Waals surface area contributed by atoms with Crippen LogP contribution in [-0.2, 0) is 16.0 Å². The van der Waals surface area contributed by atoms with E-state index in [-0.39, 0.29) is 5.97 Å². The van der Waals surface area contributed by atoms with Gasteiger partial charge >= 0.3 is 5.97 Å². The van der Waals surface area contributed by atoms with Crippen molar-refractivity contribution in [2.75, 3.05) is 13.7 Å². The number of unbranched alkanes of at least 4 members (excludes halogenated alkanes) is 6. The smallest absolute Gasteiger partial charge is 0.305 e. The third kappa shape index (κ3) is 8.71. The minimum atomic E-state index is -0.167. The molecule has 0 radical (unpaired) electrons. The minimum absolute atomic E-state index is 0.167. The lowest BCUT2D eigenvalue weighted by Crippen LogP contribution is -2.02. The van der Waals surface area contributed by atoms with Crippen LogP contribution in [0.2, 0.25) is 0 Å². The van der Waals surface area contributed by atoms with Gasteiger partial charge in [0.2, 0.25) is 0 Å². The number of esters is 1. The van der Waals surface area contributed by atoms with Crippen LogP contribution >= 0.6 is 0 Å². The molecule has 0 aliphatic heterocycles. The normalized spacial score (nSPS) is 10.5. The molecular formula is C19H30O3. The van der Waals surface area contributed by atoms with Gasteiger partial charge in [-0.3, -0.25) is 4.79 Å². The fourth-order valence-electron chi connectivity index (χ4n) is 2.35. The molecule has 0 saturated heterocycles. The average molecular weight is 306 g/mol. The number of rotatable bonds is 12. The summed E-state index contributed by atoms with van der Waals surface area (Å²) < 4.78 is 10.4. The van der Waals surface area contributed by atoms with Crippen LogP contribution in [0.5, 0.6) is 5.75 Å². The summed E-state index contributed by atoms with van der Waals surface area (Å²) in [5.74, 6) is 0.743. The van der Waals surface area contributed by atoms with Crippen LogP contribution in [0, 0.1) is 0 Å². The van der Waals surface area contributed by atoms with Crippen LogP contribution in [0.4, 0.5) is 0 Å². The summed E-state index contributed by atoms with van der Waals surface area (Å²) in [5.41, 5.74) is 1.13. The maximum Gasteiger partial charge on any atom is 0.305 e. The van der Waals surface area contributed by atoms with Gasteiger partial charge in [0.25, 0.3) is 0 Å². The van der Waals surface area contributed by atoms with Crippen molar-refractivity contribution in [2.24, 2.45) is 0 Å². The molecule has 1 aromatic carbocycles. The van der Waals surface area contributed by atoms with Gasteiger partial charge in [0.1, 0.15) is 5.75 Å². The number of ether oxygens (including phenoxy) is 2. The highest BCUT2D eigenvalue weighted by Crippen LogP contribution is 2.14. The highest BCUT2D eigenvalue weighted by molar-refractivity contribution is 5.69. The molecule has 0 fully saturated rings. The maximum atomic E-state index is 11.1. The van der Waals surface area contributed by atoms with E-state index in [9.17, 15) is 4.79 Å². The summed E-state index contributed by atoms with van der Waals surface area (Å²) in [6, 6.07) is 7.99. The lowest BCUT2D eigenvalue weighted by molar-refractivity contribution is -0.140. The van der Waals surface area contributed by atoms with Gasteiger partial charge in [-0.05, 0) is 30.5 Å². The number of carbonyl (C=O) groups is 1. The van der Waals surface area contributed by atoms with Crippen molar-refractivity contribution < 1.29 is 14.3 Å². The number of hydrogen-bond donors (Lipinski definition) is 0. The molecule has 124 valence electrons. The molecule has 0 N–H and O–H groups in total. The van der Waals surface area contributed by atoms with E-state index in [1.54, 1.807) is 0 Å². The van der Waals surface area contributed by atoms with E-state index in [0.29, 0.717) is 12.8 Å². The van der Waals surface area contributed by atoms with Gasteiger partial charge in [0.05, 0.1) is 13.7 Å². The molecule has 0 aromatic heterocycles. The van der Waals surface area contributed by atoms with Gasteiger partial charge in [-0.2, -0.15) is 0 Å². The van der Waals surface area contributed by atoms with Crippen molar-refractivity contribution in [3.63, 3.8) is 0 Å². The first-order valence-electron chi connectivity index (χ1n) is 8.54. The molecule has 0 bridgehead atoms. The summed E-state index contributed by atoms with van der Waals surface area (Å²) in [5, 5.41) is 0. The third-order valence-corrected chi connectivity index (χ3v) is 3.79. The molecule has 0 unspecified atom stereocenters. The fourth-order valence-corrected chi connectivity index (χ4v) is 2.35. The largest absolute Gasteiger partial charge is 0.494 e. The Bertz CT molecular complexity index is 398. The highest BCUT2D eigenvalue weighted by Gasteiger charge is 2.02. The van der Waals surface area contributed by atoms with E-state index < -0.39 is 0 Å². The monoisotopic (exact) mass is 306 g/mol. The number of methoxy groups -OCH3 is 1. The van der Waals surface area contributed by atoms with Crippen LogP contribution in [0.3, 0.4) is 0 Å². The number of benzene rings is 1. The first-order chi connectivity index (χ1) is 10.8. The molecule has 3 nitrogen and oxygen atoms in total. The Labute approximate surface area is 135 Å². The Hall–Kier alpha value is -1.51. The second kappa shape index (κ2) is 12.1. The topological polar surface area (TPSA) is 35.5 Å². The number of hydrogen-bond acceptors (Lipinski definition) is 3. The standard InChI is InChI=1S/C19H30O3/c1-3-4-5-6-7-8-9-16-22-18-13-10-17(11-14-18)12-15-19(20)21-2/h10-11,13-14H,3-9,12,15-16H2,1-2H3. The molecule has 0 amide bonds. The van der Waals surface area contributed by atoms with E-state index >= 15 is 0 Å². The lowest BCUT2D eigenvalue weighted by Gasteiger charge is -2.07. The highest BCUT2D eigenvalue weighted by atomic mass is 16.5. The average Bonchev–Trinajstić information content (AvgIpc) is 2.56. The Balaban J connectivity index is 2.10. The molecule has 1 rings (SSSR count). The van der Waals surface area contributed by atoms with Crippen LogP contribution in [0.1, 0.15) is 63.9 Å². The van der Waals surface area contributed by atoms with Crippen LogP contribution in [0.25, 0.3) is 0 Å². The van der Waals surface area contributed by atoms with Crippen molar-refractivity contribution in [1.82, 2.24) is 0 Å². The zero-order chi connectivity index (χ0) is 16.0. The van der Waals surface area contributed by atoms with Crippen molar-refractivity contribution in [2.45, 2.75) is 64.7 Å². The van der Waals surface area contributed by atoms with Gasteiger partial charge in [0, 0.05) is 6.42 Å². The van der Waals surface area contributed by atoms with E-state index in [2.05, 4.69) is 11.7 Å². The Morgan fingerprint density at radius 2 is 1.59 bits per heavy atom. The molecule has 0 aliphatic rings. The summed E-state index contributed by atoms with van der Waals surface area (Å²) >= 11 is 0. The van der Waals surface area contributed by atoms with E-state index in [1.807, 2.05) is 24.3 Å². The third-order valence-electron chi connectivity index (χ3n) is 3.79. The summed E-state index contributed by atoms with van der Waals surface area (Å²) in [7, 11) is 1.42. The van der Waals surface area contributed by atoms with Gasteiger partial charge in [-0.25, -0.2) is 0 Å². The molecule has 1 aromatic rings. The molecule has 0 heterocycles. The predicted molar refractivity (Wildman–Crippen MR) is 90.3 cm³/mol. The van der Waals surface area contributed by atoms with E-state index in [4.69, 9.17) is 4.74 Å². The maximum absolute atomic E-state index is 11.1. The quantitative estimate of drug-likeness (QED) is 0.406. The van der Waals surface area contributed by atoms with E-state index in [0.717, 1.165) is 24.3 Å². The molecular weight excluding hydrogens is 276 g/mol.